The number of alkyl halides is 3. The van der Waals surface area contributed by atoms with Crippen molar-refractivity contribution in [3.05, 3.63) is 30.1 Å². The molecular weight excluding hydrogens is 375 g/mol. The van der Waals surface area contributed by atoms with E-state index in [-0.39, 0.29) is 35.8 Å². The molecule has 1 saturated carbocycles. The lowest BCUT2D eigenvalue weighted by molar-refractivity contribution is -0.139. The number of nitrogens with zero attached hydrogens (tertiary/aromatic N) is 3. The summed E-state index contributed by atoms with van der Waals surface area (Å²) in [5.41, 5.74) is 1.26. The average Bonchev–Trinajstić information content (AvgIpc) is 3.30. The van der Waals surface area contributed by atoms with Gasteiger partial charge < -0.3 is 19.7 Å². The molecule has 2 heterocycles. The third-order valence-electron chi connectivity index (χ3n) is 4.61. The van der Waals surface area contributed by atoms with Crippen LogP contribution in [0.1, 0.15) is 18.7 Å². The Morgan fingerprint density at radius 2 is 2.14 bits per heavy atom. The Kier molecular flexibility index (Phi) is 4.48. The Bertz CT molecular complexity index is 1020. The molecule has 0 spiro atoms. The highest BCUT2D eigenvalue weighted by atomic mass is 19.4. The molecule has 7 nitrogen and oxygen atoms in total. The monoisotopic (exact) mass is 393 g/mol. The van der Waals surface area contributed by atoms with Crippen molar-refractivity contribution in [2.75, 3.05) is 12.4 Å². The predicted octanol–water partition coefficient (Wildman–Crippen LogP) is 3.32. The van der Waals surface area contributed by atoms with Crippen molar-refractivity contribution < 1.29 is 22.5 Å². The molecule has 1 aliphatic rings. The lowest BCUT2D eigenvalue weighted by Crippen LogP contribution is -2.24. The highest BCUT2D eigenvalue weighted by molar-refractivity contribution is 5.95. The molecule has 1 amide bonds. The molecule has 10 heteroatoms. The smallest absolute Gasteiger partial charge is 0.388 e. The van der Waals surface area contributed by atoms with Crippen molar-refractivity contribution in [1.29, 1.82) is 0 Å². The van der Waals surface area contributed by atoms with E-state index in [1.54, 1.807) is 31.3 Å². The van der Waals surface area contributed by atoms with Crippen molar-refractivity contribution in [1.82, 2.24) is 20.0 Å². The number of hydrogen-bond acceptors (Lipinski definition) is 5. The number of halogens is 3. The molecule has 1 fully saturated rings. The minimum Gasteiger partial charge on any atom is -0.388 e. The maximum absolute atomic E-state index is 13.2. The number of rotatable bonds is 6. The maximum Gasteiger partial charge on any atom is 0.406 e. The summed E-state index contributed by atoms with van der Waals surface area (Å²) in [7, 11) is 1.70. The molecule has 1 aliphatic carbocycles. The fraction of sp³-hybridized carbons (Fsp3) is 0.389. The first kappa shape index (κ1) is 18.3. The highest BCUT2D eigenvalue weighted by Gasteiger charge is 2.32. The number of fused-ring (bicyclic) bond motifs is 1. The van der Waals surface area contributed by atoms with Crippen LogP contribution in [0.3, 0.4) is 0 Å². The Labute approximate surface area is 157 Å². The van der Waals surface area contributed by atoms with Crippen molar-refractivity contribution in [2.45, 2.75) is 32.1 Å². The SMILES string of the molecule is CNc1cccc2c1cc(-c1nc(CNC(=O)C3CC3)no1)n2CC(F)(F)F. The van der Waals surface area contributed by atoms with Gasteiger partial charge in [0.25, 0.3) is 5.89 Å². The summed E-state index contributed by atoms with van der Waals surface area (Å²) in [6, 6.07) is 6.65. The molecule has 4 rings (SSSR count). The fourth-order valence-electron chi connectivity index (χ4n) is 3.12. The second-order valence-corrected chi connectivity index (χ2v) is 6.73. The number of amides is 1. The van der Waals surface area contributed by atoms with Crippen LogP contribution >= 0.6 is 0 Å². The van der Waals surface area contributed by atoms with Crippen LogP contribution in [0.2, 0.25) is 0 Å². The topological polar surface area (TPSA) is 85.0 Å². The normalized spacial score (nSPS) is 14.4. The van der Waals surface area contributed by atoms with Gasteiger partial charge >= 0.3 is 6.18 Å². The molecule has 0 radical (unpaired) electrons. The van der Waals surface area contributed by atoms with E-state index in [1.807, 2.05) is 0 Å². The summed E-state index contributed by atoms with van der Waals surface area (Å²) in [6.45, 7) is -1.12. The zero-order valence-electron chi connectivity index (χ0n) is 15.0. The van der Waals surface area contributed by atoms with E-state index in [9.17, 15) is 18.0 Å². The molecule has 28 heavy (non-hydrogen) atoms. The minimum atomic E-state index is -4.42. The summed E-state index contributed by atoms with van der Waals surface area (Å²) in [5.74, 6) is 0.150. The first-order valence-corrected chi connectivity index (χ1v) is 8.83. The van der Waals surface area contributed by atoms with Gasteiger partial charge in [0.1, 0.15) is 12.2 Å². The maximum atomic E-state index is 13.2. The quantitative estimate of drug-likeness (QED) is 0.671. The largest absolute Gasteiger partial charge is 0.406 e. The average molecular weight is 393 g/mol. The van der Waals surface area contributed by atoms with E-state index >= 15 is 0 Å². The van der Waals surface area contributed by atoms with Gasteiger partial charge in [-0.25, -0.2) is 0 Å². The van der Waals surface area contributed by atoms with Crippen molar-refractivity contribution in [2.24, 2.45) is 5.92 Å². The molecule has 3 aromatic rings. The molecule has 2 aromatic heterocycles. The Morgan fingerprint density at radius 3 is 2.82 bits per heavy atom. The van der Waals surface area contributed by atoms with Crippen LogP contribution in [0.4, 0.5) is 18.9 Å². The lowest BCUT2D eigenvalue weighted by Gasteiger charge is -2.12. The second kappa shape index (κ2) is 6.84. The van der Waals surface area contributed by atoms with Crippen molar-refractivity contribution >= 4 is 22.5 Å². The summed E-state index contributed by atoms with van der Waals surface area (Å²) < 4.78 is 45.8. The van der Waals surface area contributed by atoms with Gasteiger partial charge in [0.05, 0.1) is 12.1 Å². The second-order valence-electron chi connectivity index (χ2n) is 6.73. The van der Waals surface area contributed by atoms with Gasteiger partial charge in [-0.3, -0.25) is 4.79 Å². The fourth-order valence-corrected chi connectivity index (χ4v) is 3.12. The number of aromatic nitrogens is 3. The van der Waals surface area contributed by atoms with E-state index in [4.69, 9.17) is 4.52 Å². The van der Waals surface area contributed by atoms with Gasteiger partial charge in [-0.15, -0.1) is 0 Å². The van der Waals surface area contributed by atoms with Crippen LogP contribution in [-0.4, -0.2) is 33.8 Å². The van der Waals surface area contributed by atoms with Crippen LogP contribution < -0.4 is 10.6 Å². The molecule has 1 aromatic carbocycles. The van der Waals surface area contributed by atoms with E-state index in [0.29, 0.717) is 16.6 Å². The molecule has 2 N–H and O–H groups in total. The molecule has 0 aliphatic heterocycles. The summed E-state index contributed by atoms with van der Waals surface area (Å²) in [6.07, 6.45) is -2.68. The summed E-state index contributed by atoms with van der Waals surface area (Å²) in [5, 5.41) is 10.1. The number of nitrogens with one attached hydrogen (secondary N) is 2. The molecular formula is C18H18F3N5O2. The van der Waals surface area contributed by atoms with Gasteiger partial charge in [-0.1, -0.05) is 11.2 Å². The Hall–Kier alpha value is -3.04. The molecule has 0 bridgehead atoms. The number of anilines is 1. The number of carbonyl (C=O) groups excluding carboxylic acids is 1. The molecule has 0 atom stereocenters. The Balaban J connectivity index is 1.69. The minimum absolute atomic E-state index is 0.0295. The van der Waals surface area contributed by atoms with E-state index in [2.05, 4.69) is 20.8 Å². The van der Waals surface area contributed by atoms with Gasteiger partial charge in [0, 0.05) is 24.0 Å². The van der Waals surface area contributed by atoms with E-state index in [1.165, 1.54) is 0 Å². The number of benzene rings is 1. The zero-order chi connectivity index (χ0) is 19.9. The van der Waals surface area contributed by atoms with Crippen LogP contribution in [0.15, 0.2) is 28.8 Å². The third-order valence-corrected chi connectivity index (χ3v) is 4.61. The highest BCUT2D eigenvalue weighted by Crippen LogP contribution is 2.34. The van der Waals surface area contributed by atoms with Gasteiger partial charge in [0.2, 0.25) is 5.91 Å². The standard InChI is InChI=1S/C18H18F3N5O2/c1-22-12-3-2-4-13-11(12)7-14(26(13)9-18(19,20)21)17-24-15(25-28-17)8-23-16(27)10-5-6-10/h2-4,7,10,22H,5-6,8-9H2,1H3,(H,23,27). The first-order chi connectivity index (χ1) is 13.4. The summed E-state index contributed by atoms with van der Waals surface area (Å²) >= 11 is 0. The predicted molar refractivity (Wildman–Crippen MR) is 95.4 cm³/mol. The van der Waals surface area contributed by atoms with Crippen LogP contribution in [0, 0.1) is 5.92 Å². The van der Waals surface area contributed by atoms with Gasteiger partial charge in [0.15, 0.2) is 5.82 Å². The van der Waals surface area contributed by atoms with Crippen LogP contribution in [0.5, 0.6) is 0 Å². The van der Waals surface area contributed by atoms with Crippen LogP contribution in [0.25, 0.3) is 22.5 Å². The molecule has 0 unspecified atom stereocenters. The van der Waals surface area contributed by atoms with Crippen molar-refractivity contribution in [3.63, 3.8) is 0 Å². The third kappa shape index (κ3) is 3.67. The van der Waals surface area contributed by atoms with Gasteiger partial charge in [-0.2, -0.15) is 18.2 Å². The van der Waals surface area contributed by atoms with E-state index in [0.717, 1.165) is 17.4 Å². The lowest BCUT2D eigenvalue weighted by atomic mass is 10.2. The number of hydrogen-bond donors (Lipinski definition) is 2. The molecule has 0 saturated heterocycles. The number of carbonyl (C=O) groups is 1. The Morgan fingerprint density at radius 1 is 1.36 bits per heavy atom. The molecule has 148 valence electrons. The van der Waals surface area contributed by atoms with Crippen LogP contribution in [-0.2, 0) is 17.9 Å². The summed E-state index contributed by atoms with van der Waals surface area (Å²) in [4.78, 5) is 15.9. The zero-order valence-corrected chi connectivity index (χ0v) is 15.0. The van der Waals surface area contributed by atoms with E-state index < -0.39 is 12.7 Å². The van der Waals surface area contributed by atoms with Gasteiger partial charge in [-0.05, 0) is 31.0 Å². The first-order valence-electron chi connectivity index (χ1n) is 8.83. The van der Waals surface area contributed by atoms with Crippen molar-refractivity contribution in [3.8, 4) is 11.6 Å².